The first-order valence-corrected chi connectivity index (χ1v) is 10.2. The summed E-state index contributed by atoms with van der Waals surface area (Å²) in [4.78, 5) is 24.3. The van der Waals surface area contributed by atoms with E-state index in [0.717, 1.165) is 23.8 Å². The lowest BCUT2D eigenvalue weighted by Crippen LogP contribution is -2.42. The first-order chi connectivity index (χ1) is 13.5. The van der Waals surface area contributed by atoms with Gasteiger partial charge in [-0.25, -0.2) is 13.8 Å². The maximum absolute atomic E-state index is 13.4. The summed E-state index contributed by atoms with van der Waals surface area (Å²) in [6.07, 6.45) is 0.908. The van der Waals surface area contributed by atoms with Crippen LogP contribution in [0.2, 0.25) is 0 Å². The van der Waals surface area contributed by atoms with Gasteiger partial charge in [-0.3, -0.25) is 4.79 Å². The zero-order valence-corrected chi connectivity index (χ0v) is 16.3. The highest BCUT2D eigenvalue weighted by molar-refractivity contribution is 7.09. The molecule has 3 aromatic heterocycles. The van der Waals surface area contributed by atoms with Crippen molar-refractivity contribution in [1.82, 2.24) is 24.5 Å². The third-order valence-corrected chi connectivity index (χ3v) is 6.08. The van der Waals surface area contributed by atoms with Crippen molar-refractivity contribution in [2.24, 2.45) is 5.92 Å². The summed E-state index contributed by atoms with van der Waals surface area (Å²) < 4.78 is 27.9. The second-order valence-corrected chi connectivity index (χ2v) is 8.22. The SMILES string of the molecule is CC(Cc1cccs1)C(=O)N1CCCC(c2cc(C(F)F)n3ncnc3n2)C1. The molecule has 1 aliphatic rings. The van der Waals surface area contributed by atoms with E-state index in [-0.39, 0.29) is 29.2 Å². The Kier molecular flexibility index (Phi) is 5.34. The summed E-state index contributed by atoms with van der Waals surface area (Å²) in [5.74, 6) is 0.0878. The van der Waals surface area contributed by atoms with Crippen molar-refractivity contribution in [2.75, 3.05) is 13.1 Å². The van der Waals surface area contributed by atoms with Crippen LogP contribution in [0.4, 0.5) is 8.78 Å². The normalized spacial score (nSPS) is 18.7. The Morgan fingerprint density at radius 3 is 3.04 bits per heavy atom. The van der Waals surface area contributed by atoms with Crippen molar-refractivity contribution in [3.8, 4) is 0 Å². The monoisotopic (exact) mass is 405 g/mol. The molecule has 4 rings (SSSR count). The molecule has 1 fully saturated rings. The molecule has 0 radical (unpaired) electrons. The number of likely N-dealkylation sites (tertiary alicyclic amines) is 1. The Morgan fingerprint density at radius 2 is 2.29 bits per heavy atom. The number of aromatic nitrogens is 4. The van der Waals surface area contributed by atoms with E-state index in [9.17, 15) is 13.6 Å². The molecule has 9 heteroatoms. The number of nitrogens with zero attached hydrogens (tertiary/aromatic N) is 5. The maximum Gasteiger partial charge on any atom is 0.280 e. The Bertz CT molecular complexity index is 959. The lowest BCUT2D eigenvalue weighted by molar-refractivity contribution is -0.136. The molecule has 0 N–H and O–H groups in total. The van der Waals surface area contributed by atoms with Crippen molar-refractivity contribution in [3.05, 3.63) is 46.2 Å². The van der Waals surface area contributed by atoms with Gasteiger partial charge in [-0.15, -0.1) is 11.3 Å². The van der Waals surface area contributed by atoms with Gasteiger partial charge in [0.05, 0.1) is 5.69 Å². The van der Waals surface area contributed by atoms with Gasteiger partial charge in [-0.05, 0) is 36.8 Å². The van der Waals surface area contributed by atoms with Crippen LogP contribution in [0.1, 0.15) is 48.4 Å². The molecule has 2 atom stereocenters. The summed E-state index contributed by atoms with van der Waals surface area (Å²) >= 11 is 1.65. The van der Waals surface area contributed by atoms with Gasteiger partial charge in [0.25, 0.3) is 12.2 Å². The van der Waals surface area contributed by atoms with E-state index >= 15 is 0 Å². The van der Waals surface area contributed by atoms with Gasteiger partial charge in [0.1, 0.15) is 12.0 Å². The quantitative estimate of drug-likeness (QED) is 0.649. The number of hydrogen-bond acceptors (Lipinski definition) is 5. The smallest absolute Gasteiger partial charge is 0.280 e. The number of hydrogen-bond donors (Lipinski definition) is 0. The maximum atomic E-state index is 13.4. The number of alkyl halides is 2. The zero-order valence-electron chi connectivity index (χ0n) is 15.5. The molecular weight excluding hydrogens is 384 g/mol. The summed E-state index contributed by atoms with van der Waals surface area (Å²) in [6, 6.07) is 5.43. The number of piperidine rings is 1. The third-order valence-electron chi connectivity index (χ3n) is 5.18. The van der Waals surface area contributed by atoms with E-state index in [4.69, 9.17) is 0 Å². The molecule has 1 saturated heterocycles. The van der Waals surface area contributed by atoms with E-state index in [1.54, 1.807) is 11.3 Å². The Labute approximate surface area is 165 Å². The lowest BCUT2D eigenvalue weighted by atomic mass is 9.92. The molecule has 0 aliphatic carbocycles. The van der Waals surface area contributed by atoms with Crippen LogP contribution in [0.3, 0.4) is 0 Å². The minimum absolute atomic E-state index is 0.0779. The minimum atomic E-state index is -2.67. The molecule has 0 aromatic carbocycles. The molecule has 0 saturated carbocycles. The van der Waals surface area contributed by atoms with Crippen molar-refractivity contribution in [1.29, 1.82) is 0 Å². The molecule has 3 aromatic rings. The average molecular weight is 405 g/mol. The van der Waals surface area contributed by atoms with Crippen LogP contribution in [-0.4, -0.2) is 43.5 Å². The van der Waals surface area contributed by atoms with E-state index in [2.05, 4.69) is 15.1 Å². The second-order valence-electron chi connectivity index (χ2n) is 7.19. The molecule has 1 aliphatic heterocycles. The first kappa shape index (κ1) is 18.9. The third kappa shape index (κ3) is 3.76. The highest BCUT2D eigenvalue weighted by Crippen LogP contribution is 2.30. The Morgan fingerprint density at radius 1 is 1.43 bits per heavy atom. The van der Waals surface area contributed by atoms with Crippen LogP contribution >= 0.6 is 11.3 Å². The molecule has 2 unspecified atom stereocenters. The highest BCUT2D eigenvalue weighted by atomic mass is 32.1. The van der Waals surface area contributed by atoms with Crippen molar-refractivity contribution >= 4 is 23.0 Å². The topological polar surface area (TPSA) is 63.4 Å². The van der Waals surface area contributed by atoms with Gasteiger partial charge < -0.3 is 4.90 Å². The van der Waals surface area contributed by atoms with Gasteiger partial charge in [-0.1, -0.05) is 13.0 Å². The summed E-state index contributed by atoms with van der Waals surface area (Å²) in [5, 5.41) is 5.84. The number of carbonyl (C=O) groups excluding carboxylic acids is 1. The number of halogens is 2. The van der Waals surface area contributed by atoms with Crippen molar-refractivity contribution in [3.63, 3.8) is 0 Å². The fourth-order valence-corrected chi connectivity index (χ4v) is 4.60. The summed E-state index contributed by atoms with van der Waals surface area (Å²) in [5.41, 5.74) is 0.339. The standard InChI is InChI=1S/C19H21F2N5OS/c1-12(8-14-5-3-7-28-14)18(27)25-6-2-4-13(10-25)15-9-16(17(20)21)26-19(24-15)22-11-23-26/h3,5,7,9,11-13,17H,2,4,6,8,10H2,1H3. The number of fused-ring (bicyclic) bond motifs is 1. The number of amides is 1. The van der Waals surface area contributed by atoms with Crippen LogP contribution < -0.4 is 0 Å². The van der Waals surface area contributed by atoms with Crippen LogP contribution in [0.15, 0.2) is 29.9 Å². The van der Waals surface area contributed by atoms with Crippen molar-refractivity contribution in [2.45, 2.75) is 38.5 Å². The Hall–Kier alpha value is -2.42. The number of rotatable bonds is 5. The predicted octanol–water partition coefficient (Wildman–Crippen LogP) is 3.71. The first-order valence-electron chi connectivity index (χ1n) is 9.33. The van der Waals surface area contributed by atoms with E-state index in [0.29, 0.717) is 18.8 Å². The van der Waals surface area contributed by atoms with E-state index in [1.165, 1.54) is 17.3 Å². The van der Waals surface area contributed by atoms with E-state index < -0.39 is 6.43 Å². The van der Waals surface area contributed by atoms with Gasteiger partial charge in [0, 0.05) is 29.8 Å². The number of carbonyl (C=O) groups is 1. The fraction of sp³-hybridized carbons (Fsp3) is 0.474. The molecule has 28 heavy (non-hydrogen) atoms. The second kappa shape index (κ2) is 7.90. The summed E-state index contributed by atoms with van der Waals surface area (Å²) in [6.45, 7) is 3.13. The molecule has 6 nitrogen and oxygen atoms in total. The molecule has 148 valence electrons. The number of thiophene rings is 1. The Balaban J connectivity index is 1.52. The van der Waals surface area contributed by atoms with Crippen molar-refractivity contribution < 1.29 is 13.6 Å². The van der Waals surface area contributed by atoms with Gasteiger partial charge in [0.15, 0.2) is 0 Å². The predicted molar refractivity (Wildman–Crippen MR) is 101 cm³/mol. The van der Waals surface area contributed by atoms with Gasteiger partial charge >= 0.3 is 0 Å². The highest BCUT2D eigenvalue weighted by Gasteiger charge is 2.29. The van der Waals surface area contributed by atoms with Crippen LogP contribution in [0.5, 0.6) is 0 Å². The fourth-order valence-electron chi connectivity index (χ4n) is 3.77. The molecular formula is C19H21F2N5OS. The van der Waals surface area contributed by atoms with Crippen LogP contribution in [0.25, 0.3) is 5.78 Å². The van der Waals surface area contributed by atoms with Gasteiger partial charge in [0.2, 0.25) is 5.91 Å². The molecule has 0 spiro atoms. The average Bonchev–Trinajstić information content (AvgIpc) is 3.38. The minimum Gasteiger partial charge on any atom is -0.342 e. The largest absolute Gasteiger partial charge is 0.342 e. The zero-order chi connectivity index (χ0) is 19.7. The molecule has 0 bridgehead atoms. The lowest BCUT2D eigenvalue weighted by Gasteiger charge is -2.34. The molecule has 4 heterocycles. The molecule has 1 amide bonds. The van der Waals surface area contributed by atoms with Crippen LogP contribution in [0, 0.1) is 5.92 Å². The van der Waals surface area contributed by atoms with Gasteiger partial charge in [-0.2, -0.15) is 14.6 Å². The van der Waals surface area contributed by atoms with E-state index in [1.807, 2.05) is 29.3 Å². The summed E-state index contributed by atoms with van der Waals surface area (Å²) in [7, 11) is 0. The van der Waals surface area contributed by atoms with Crippen LogP contribution in [-0.2, 0) is 11.2 Å².